The number of carboxylic acids is 1. The van der Waals surface area contributed by atoms with Crippen molar-refractivity contribution in [3.63, 3.8) is 0 Å². The molecule has 0 aromatic heterocycles. The van der Waals surface area contributed by atoms with Gasteiger partial charge in [-0.2, -0.15) is 0 Å². The van der Waals surface area contributed by atoms with Gasteiger partial charge in [0.25, 0.3) is 0 Å². The summed E-state index contributed by atoms with van der Waals surface area (Å²) in [7, 11) is 0. The van der Waals surface area contributed by atoms with Crippen LogP contribution in [0.15, 0.2) is 18.2 Å². The van der Waals surface area contributed by atoms with Gasteiger partial charge in [0.2, 0.25) is 5.91 Å². The lowest BCUT2D eigenvalue weighted by atomic mass is 10.1. The van der Waals surface area contributed by atoms with E-state index in [9.17, 15) is 14.0 Å². The van der Waals surface area contributed by atoms with E-state index in [2.05, 4.69) is 0 Å². The lowest BCUT2D eigenvalue weighted by Crippen LogP contribution is -2.39. The zero-order valence-corrected chi connectivity index (χ0v) is 12.4. The Balaban J connectivity index is 2.06. The number of rotatable bonds is 6. The molecule has 0 saturated heterocycles. The van der Waals surface area contributed by atoms with E-state index in [1.807, 2.05) is 0 Å². The van der Waals surface area contributed by atoms with Crippen LogP contribution in [0, 0.1) is 11.7 Å². The molecule has 0 aliphatic heterocycles. The van der Waals surface area contributed by atoms with E-state index in [1.54, 1.807) is 11.8 Å². The molecule has 1 saturated carbocycles. The van der Waals surface area contributed by atoms with E-state index in [1.165, 1.54) is 18.2 Å². The number of benzene rings is 1. The maximum absolute atomic E-state index is 13.0. The van der Waals surface area contributed by atoms with Gasteiger partial charge in [0.15, 0.2) is 0 Å². The van der Waals surface area contributed by atoms with E-state index < -0.39 is 17.7 Å². The monoisotopic (exact) mass is 313 g/mol. The Kier molecular flexibility index (Phi) is 4.83. The Morgan fingerprint density at radius 1 is 1.48 bits per heavy atom. The topological polar surface area (TPSA) is 57.6 Å². The maximum atomic E-state index is 13.0. The number of amides is 1. The smallest absolute Gasteiger partial charge is 0.308 e. The molecule has 0 bridgehead atoms. The second kappa shape index (κ2) is 6.43. The number of carbonyl (C=O) groups excluding carboxylic acids is 1. The van der Waals surface area contributed by atoms with Crippen LogP contribution in [0.3, 0.4) is 0 Å². The summed E-state index contributed by atoms with van der Waals surface area (Å²) < 4.78 is 13.0. The Hall–Kier alpha value is -1.62. The molecule has 1 aliphatic carbocycles. The van der Waals surface area contributed by atoms with Crippen molar-refractivity contribution < 1.29 is 19.1 Å². The summed E-state index contributed by atoms with van der Waals surface area (Å²) in [6.45, 7) is 1.77. The molecule has 6 heteroatoms. The third-order valence-electron chi connectivity index (χ3n) is 3.56. The lowest BCUT2D eigenvalue weighted by Gasteiger charge is -2.24. The summed E-state index contributed by atoms with van der Waals surface area (Å²) in [6.07, 6.45) is 1.85. The molecule has 1 amide bonds. The van der Waals surface area contributed by atoms with Crippen LogP contribution in [0.1, 0.15) is 25.3 Å². The van der Waals surface area contributed by atoms with E-state index in [0.29, 0.717) is 5.56 Å². The zero-order valence-electron chi connectivity index (χ0n) is 11.7. The number of aliphatic carboxylic acids is 1. The van der Waals surface area contributed by atoms with Crippen LogP contribution in [0.5, 0.6) is 0 Å². The molecule has 1 unspecified atom stereocenters. The van der Waals surface area contributed by atoms with Gasteiger partial charge in [0, 0.05) is 17.6 Å². The summed E-state index contributed by atoms with van der Waals surface area (Å²) in [5.41, 5.74) is 0.552. The first-order valence-corrected chi connectivity index (χ1v) is 7.22. The minimum Gasteiger partial charge on any atom is -0.481 e. The minimum atomic E-state index is -0.923. The second-order valence-corrected chi connectivity index (χ2v) is 5.84. The predicted molar refractivity (Wildman–Crippen MR) is 76.6 cm³/mol. The van der Waals surface area contributed by atoms with Gasteiger partial charge >= 0.3 is 5.97 Å². The van der Waals surface area contributed by atoms with Crippen molar-refractivity contribution in [2.24, 2.45) is 5.92 Å². The molecule has 4 nitrogen and oxygen atoms in total. The first-order valence-electron chi connectivity index (χ1n) is 6.84. The van der Waals surface area contributed by atoms with Crippen LogP contribution in [0.4, 0.5) is 4.39 Å². The first kappa shape index (κ1) is 15.8. The Bertz CT molecular complexity index is 560. The molecule has 0 spiro atoms. The minimum absolute atomic E-state index is 0.0575. The van der Waals surface area contributed by atoms with Gasteiger partial charge in [-0.15, -0.1) is 0 Å². The number of hydrogen-bond acceptors (Lipinski definition) is 2. The van der Waals surface area contributed by atoms with E-state index in [4.69, 9.17) is 16.7 Å². The van der Waals surface area contributed by atoms with Crippen LogP contribution in [0.2, 0.25) is 5.02 Å². The largest absolute Gasteiger partial charge is 0.481 e. The fourth-order valence-electron chi connectivity index (χ4n) is 2.14. The molecule has 0 heterocycles. The molecule has 1 aliphatic rings. The summed E-state index contributed by atoms with van der Waals surface area (Å²) in [5.74, 6) is -2.15. The quantitative estimate of drug-likeness (QED) is 0.878. The molecule has 2 rings (SSSR count). The second-order valence-electron chi connectivity index (χ2n) is 5.43. The third kappa shape index (κ3) is 4.17. The van der Waals surface area contributed by atoms with Gasteiger partial charge in [0.1, 0.15) is 5.82 Å². The Morgan fingerprint density at radius 2 is 2.14 bits per heavy atom. The predicted octanol–water partition coefficient (Wildman–Crippen LogP) is 2.73. The summed E-state index contributed by atoms with van der Waals surface area (Å²) in [5, 5.41) is 9.19. The van der Waals surface area contributed by atoms with E-state index >= 15 is 0 Å². The van der Waals surface area contributed by atoms with Gasteiger partial charge in [-0.3, -0.25) is 9.59 Å². The lowest BCUT2D eigenvalue weighted by molar-refractivity contribution is -0.143. The summed E-state index contributed by atoms with van der Waals surface area (Å²) >= 11 is 5.92. The molecular formula is C15H17ClFNO3. The van der Waals surface area contributed by atoms with Crippen LogP contribution in [-0.2, 0) is 16.0 Å². The summed E-state index contributed by atoms with van der Waals surface area (Å²) in [4.78, 5) is 24.9. The Morgan fingerprint density at radius 3 is 2.67 bits per heavy atom. The van der Waals surface area contributed by atoms with Crippen molar-refractivity contribution in [3.05, 3.63) is 34.6 Å². The van der Waals surface area contributed by atoms with Crippen molar-refractivity contribution in [1.29, 1.82) is 0 Å². The molecule has 21 heavy (non-hydrogen) atoms. The van der Waals surface area contributed by atoms with Gasteiger partial charge in [-0.1, -0.05) is 24.6 Å². The highest BCUT2D eigenvalue weighted by Crippen LogP contribution is 2.29. The standard InChI is InChI=1S/C15H17ClFNO3/c1-9(15(20)21)8-18(12-4-5-12)14(19)6-10-2-3-11(17)7-13(10)16/h2-3,7,9,12H,4-6,8H2,1H3,(H,20,21). The number of halogens is 2. The van der Waals surface area contributed by atoms with Gasteiger partial charge in [-0.25, -0.2) is 4.39 Å². The van der Waals surface area contributed by atoms with Crippen LogP contribution >= 0.6 is 11.6 Å². The highest BCUT2D eigenvalue weighted by molar-refractivity contribution is 6.31. The molecule has 1 atom stereocenters. The number of carboxylic acid groups (broad SMARTS) is 1. The van der Waals surface area contributed by atoms with Crippen molar-refractivity contribution >= 4 is 23.5 Å². The SMILES string of the molecule is CC(CN(C(=O)Cc1ccc(F)cc1Cl)C1CC1)C(=O)O. The van der Waals surface area contributed by atoms with Gasteiger partial charge in [-0.05, 0) is 30.5 Å². The maximum Gasteiger partial charge on any atom is 0.308 e. The normalized spacial score (nSPS) is 15.6. The van der Waals surface area contributed by atoms with Crippen LogP contribution < -0.4 is 0 Å². The van der Waals surface area contributed by atoms with Gasteiger partial charge < -0.3 is 10.0 Å². The molecule has 1 aromatic carbocycles. The van der Waals surface area contributed by atoms with Crippen molar-refractivity contribution in [3.8, 4) is 0 Å². The zero-order chi connectivity index (χ0) is 15.6. The molecule has 0 radical (unpaired) electrons. The van der Waals surface area contributed by atoms with Crippen molar-refractivity contribution in [2.75, 3.05) is 6.54 Å². The molecular weight excluding hydrogens is 297 g/mol. The highest BCUT2D eigenvalue weighted by atomic mass is 35.5. The highest BCUT2D eigenvalue weighted by Gasteiger charge is 2.34. The average Bonchev–Trinajstić information content (AvgIpc) is 3.23. The molecule has 1 aromatic rings. The summed E-state index contributed by atoms with van der Waals surface area (Å²) in [6, 6.07) is 4.04. The van der Waals surface area contributed by atoms with E-state index in [-0.39, 0.29) is 29.9 Å². The number of carbonyl (C=O) groups is 2. The van der Waals surface area contributed by atoms with Gasteiger partial charge in [0.05, 0.1) is 12.3 Å². The number of nitrogens with zero attached hydrogens (tertiary/aromatic N) is 1. The van der Waals surface area contributed by atoms with Crippen LogP contribution in [-0.4, -0.2) is 34.5 Å². The number of hydrogen-bond donors (Lipinski definition) is 1. The first-order chi connectivity index (χ1) is 9.88. The molecule has 1 fully saturated rings. The fraction of sp³-hybridized carbons (Fsp3) is 0.467. The average molecular weight is 314 g/mol. The fourth-order valence-corrected chi connectivity index (χ4v) is 2.38. The van der Waals surface area contributed by atoms with E-state index in [0.717, 1.165) is 12.8 Å². The molecule has 1 N–H and O–H groups in total. The van der Waals surface area contributed by atoms with Crippen LogP contribution in [0.25, 0.3) is 0 Å². The Labute approximate surface area is 127 Å². The third-order valence-corrected chi connectivity index (χ3v) is 3.91. The van der Waals surface area contributed by atoms with Crippen molar-refractivity contribution in [2.45, 2.75) is 32.2 Å². The molecule has 114 valence electrons. The van der Waals surface area contributed by atoms with Crippen molar-refractivity contribution in [1.82, 2.24) is 4.90 Å².